The molecule has 0 aromatic heterocycles. The van der Waals surface area contributed by atoms with Gasteiger partial charge in [-0.3, -0.25) is 13.9 Å². The molecule has 0 bridgehead atoms. The molecule has 3 aromatic rings. The molecule has 0 fully saturated rings. The van der Waals surface area contributed by atoms with Gasteiger partial charge >= 0.3 is 6.18 Å². The number of carbonyl (C=O) groups is 2. The van der Waals surface area contributed by atoms with Crippen molar-refractivity contribution in [3.8, 4) is 0 Å². The van der Waals surface area contributed by atoms with Crippen LogP contribution in [-0.2, 0) is 32.3 Å². The Balaban J connectivity index is 2.11. The number of anilines is 1. The Bertz CT molecular complexity index is 1440. The van der Waals surface area contributed by atoms with E-state index in [0.717, 1.165) is 28.7 Å². The minimum Gasteiger partial charge on any atom is -0.357 e. The van der Waals surface area contributed by atoms with Crippen molar-refractivity contribution in [1.82, 2.24) is 10.2 Å². The zero-order valence-corrected chi connectivity index (χ0v) is 22.2. The van der Waals surface area contributed by atoms with Crippen LogP contribution < -0.4 is 9.62 Å². The van der Waals surface area contributed by atoms with Gasteiger partial charge in [0.25, 0.3) is 10.0 Å². The highest BCUT2D eigenvalue weighted by Gasteiger charge is 2.35. The van der Waals surface area contributed by atoms with Crippen molar-refractivity contribution >= 4 is 27.5 Å². The Morgan fingerprint density at radius 1 is 0.974 bits per heavy atom. The fraction of sp³-hybridized carbons (Fsp3) is 0.259. The van der Waals surface area contributed by atoms with Crippen molar-refractivity contribution in [2.24, 2.45) is 0 Å². The third-order valence-corrected chi connectivity index (χ3v) is 7.85. The molecule has 0 aliphatic carbocycles. The van der Waals surface area contributed by atoms with Crippen LogP contribution in [0.1, 0.15) is 23.6 Å². The van der Waals surface area contributed by atoms with Gasteiger partial charge in [-0.05, 0) is 50.2 Å². The summed E-state index contributed by atoms with van der Waals surface area (Å²) in [4.78, 5) is 26.8. The van der Waals surface area contributed by atoms with E-state index in [1.165, 1.54) is 62.5 Å². The van der Waals surface area contributed by atoms with Crippen molar-refractivity contribution in [2.75, 3.05) is 17.9 Å². The number of nitrogens with zero attached hydrogens (tertiary/aromatic N) is 2. The third kappa shape index (κ3) is 6.94. The fourth-order valence-corrected chi connectivity index (χ4v) is 5.21. The van der Waals surface area contributed by atoms with Crippen molar-refractivity contribution in [3.05, 3.63) is 95.3 Å². The second kappa shape index (κ2) is 11.9. The molecule has 3 aromatic carbocycles. The Morgan fingerprint density at radius 2 is 1.62 bits per heavy atom. The smallest absolute Gasteiger partial charge is 0.357 e. The lowest BCUT2D eigenvalue weighted by Gasteiger charge is -2.32. The van der Waals surface area contributed by atoms with Gasteiger partial charge in [0, 0.05) is 19.2 Å². The summed E-state index contributed by atoms with van der Waals surface area (Å²) in [5.41, 5.74) is -0.713. The van der Waals surface area contributed by atoms with E-state index in [4.69, 9.17) is 0 Å². The summed E-state index contributed by atoms with van der Waals surface area (Å²) >= 11 is 0. The number of sulfonamides is 1. The Labute approximate surface area is 224 Å². The van der Waals surface area contributed by atoms with E-state index in [1.54, 1.807) is 6.92 Å². The van der Waals surface area contributed by atoms with Crippen LogP contribution in [0.2, 0.25) is 0 Å². The zero-order valence-electron chi connectivity index (χ0n) is 21.4. The molecular formula is C27H27F4N3O4S. The summed E-state index contributed by atoms with van der Waals surface area (Å²) in [5, 5.41) is 2.39. The third-order valence-electron chi connectivity index (χ3n) is 6.06. The standard InChI is InChI=1S/C27H27F4N3O4S/c1-18-11-13-23(14-12-18)39(37,38)34(22-9-6-8-21(15-22)27(29,30)31)17-25(35)33(19(2)26(36)32-3)16-20-7-4-5-10-24(20)28/h4-15,19H,16-17H2,1-3H3,(H,32,36)/t19-/m0/s1. The van der Waals surface area contributed by atoms with E-state index in [9.17, 15) is 35.6 Å². The molecule has 0 saturated carbocycles. The molecule has 0 spiro atoms. The van der Waals surface area contributed by atoms with Crippen LogP contribution >= 0.6 is 0 Å². The first-order valence-electron chi connectivity index (χ1n) is 11.8. The SMILES string of the molecule is CNC(=O)[C@H](C)N(Cc1ccccc1F)C(=O)CN(c1cccc(C(F)(F)F)c1)S(=O)(=O)c1ccc(C)cc1. The number of nitrogens with one attached hydrogen (secondary N) is 1. The Morgan fingerprint density at radius 3 is 2.21 bits per heavy atom. The van der Waals surface area contributed by atoms with Gasteiger partial charge in [-0.25, -0.2) is 12.8 Å². The van der Waals surface area contributed by atoms with Gasteiger partial charge in [-0.15, -0.1) is 0 Å². The fourth-order valence-electron chi connectivity index (χ4n) is 3.81. The number of likely N-dealkylation sites (N-methyl/N-ethyl adjacent to an activating group) is 1. The normalized spacial score (nSPS) is 12.5. The molecule has 208 valence electrons. The highest BCUT2D eigenvalue weighted by molar-refractivity contribution is 7.92. The Hall–Kier alpha value is -3.93. The van der Waals surface area contributed by atoms with Gasteiger partial charge < -0.3 is 10.2 Å². The predicted octanol–water partition coefficient (Wildman–Crippen LogP) is 4.51. The maximum absolute atomic E-state index is 14.4. The number of carbonyl (C=O) groups excluding carboxylic acids is 2. The molecule has 3 rings (SSSR count). The molecular weight excluding hydrogens is 538 g/mol. The maximum atomic E-state index is 14.4. The predicted molar refractivity (Wildman–Crippen MR) is 138 cm³/mol. The van der Waals surface area contributed by atoms with E-state index >= 15 is 0 Å². The van der Waals surface area contributed by atoms with Crippen LogP contribution in [0.4, 0.5) is 23.2 Å². The van der Waals surface area contributed by atoms with Gasteiger partial charge in [0.15, 0.2) is 0 Å². The van der Waals surface area contributed by atoms with E-state index in [-0.39, 0.29) is 17.0 Å². The van der Waals surface area contributed by atoms with Gasteiger partial charge in [0.1, 0.15) is 18.4 Å². The van der Waals surface area contributed by atoms with Crippen LogP contribution in [-0.4, -0.2) is 44.8 Å². The molecule has 2 amide bonds. The molecule has 12 heteroatoms. The first-order valence-corrected chi connectivity index (χ1v) is 13.2. The lowest BCUT2D eigenvalue weighted by molar-refractivity contribution is -0.139. The molecule has 39 heavy (non-hydrogen) atoms. The molecule has 0 aliphatic heterocycles. The summed E-state index contributed by atoms with van der Waals surface area (Å²) in [6.45, 7) is 1.76. The molecule has 0 radical (unpaired) electrons. The first-order chi connectivity index (χ1) is 18.3. The molecule has 0 unspecified atom stereocenters. The highest BCUT2D eigenvalue weighted by Crippen LogP contribution is 2.33. The number of alkyl halides is 3. The Kier molecular flexibility index (Phi) is 9.00. The quantitative estimate of drug-likeness (QED) is 0.387. The summed E-state index contributed by atoms with van der Waals surface area (Å²) in [5.74, 6) is -2.18. The van der Waals surface area contributed by atoms with E-state index in [0.29, 0.717) is 10.4 Å². The van der Waals surface area contributed by atoms with Crippen LogP contribution in [0.25, 0.3) is 0 Å². The molecule has 1 N–H and O–H groups in total. The number of benzene rings is 3. The van der Waals surface area contributed by atoms with Gasteiger partial charge in [-0.1, -0.05) is 42.0 Å². The summed E-state index contributed by atoms with van der Waals surface area (Å²) in [7, 11) is -3.22. The van der Waals surface area contributed by atoms with Crippen molar-refractivity contribution in [1.29, 1.82) is 0 Å². The largest absolute Gasteiger partial charge is 0.416 e. The number of aryl methyl sites for hydroxylation is 1. The lowest BCUT2D eigenvalue weighted by Crippen LogP contribution is -2.50. The molecule has 1 atom stereocenters. The number of halogens is 4. The van der Waals surface area contributed by atoms with Gasteiger partial charge in [0.2, 0.25) is 11.8 Å². The highest BCUT2D eigenvalue weighted by atomic mass is 32.2. The second-order valence-corrected chi connectivity index (χ2v) is 10.6. The molecule has 0 aliphatic rings. The van der Waals surface area contributed by atoms with Crippen molar-refractivity contribution in [3.63, 3.8) is 0 Å². The zero-order chi connectivity index (χ0) is 29.0. The van der Waals surface area contributed by atoms with Crippen molar-refractivity contribution < 1.29 is 35.6 Å². The van der Waals surface area contributed by atoms with E-state index in [2.05, 4.69) is 5.32 Å². The average molecular weight is 566 g/mol. The number of rotatable bonds is 9. The topological polar surface area (TPSA) is 86.8 Å². The second-order valence-electron chi connectivity index (χ2n) is 8.78. The van der Waals surface area contributed by atoms with Crippen LogP contribution in [0.3, 0.4) is 0 Å². The number of hydrogen-bond donors (Lipinski definition) is 1. The van der Waals surface area contributed by atoms with Crippen LogP contribution in [0.15, 0.2) is 77.7 Å². The first kappa shape index (κ1) is 29.6. The molecule has 0 heterocycles. The molecule has 0 saturated heterocycles. The van der Waals surface area contributed by atoms with Crippen LogP contribution in [0.5, 0.6) is 0 Å². The summed E-state index contributed by atoms with van der Waals surface area (Å²) < 4.78 is 82.8. The van der Waals surface area contributed by atoms with Gasteiger partial charge in [-0.2, -0.15) is 13.2 Å². The van der Waals surface area contributed by atoms with Crippen molar-refractivity contribution in [2.45, 2.75) is 37.5 Å². The minimum atomic E-state index is -4.77. The lowest BCUT2D eigenvalue weighted by atomic mass is 10.1. The van der Waals surface area contributed by atoms with E-state index in [1.807, 2.05) is 0 Å². The maximum Gasteiger partial charge on any atom is 0.416 e. The summed E-state index contributed by atoms with van der Waals surface area (Å²) in [6, 6.07) is 13.5. The van der Waals surface area contributed by atoms with E-state index < -0.39 is 57.7 Å². The van der Waals surface area contributed by atoms with Crippen LogP contribution in [0, 0.1) is 12.7 Å². The summed E-state index contributed by atoms with van der Waals surface area (Å²) in [6.07, 6.45) is -4.77. The minimum absolute atomic E-state index is 0.0635. The molecule has 7 nitrogen and oxygen atoms in total. The number of hydrogen-bond acceptors (Lipinski definition) is 4. The van der Waals surface area contributed by atoms with Gasteiger partial charge in [0.05, 0.1) is 16.1 Å². The monoisotopic (exact) mass is 565 g/mol. The average Bonchev–Trinajstić information content (AvgIpc) is 2.90. The number of amides is 2.